The highest BCUT2D eigenvalue weighted by Crippen LogP contribution is 2.26. The summed E-state index contributed by atoms with van der Waals surface area (Å²) in [5, 5.41) is 6.14. The Bertz CT molecular complexity index is 1000. The van der Waals surface area contributed by atoms with Crippen molar-refractivity contribution < 1.29 is 4.79 Å². The van der Waals surface area contributed by atoms with Crippen LogP contribution in [-0.2, 0) is 6.54 Å². The molecule has 0 aliphatic carbocycles. The van der Waals surface area contributed by atoms with E-state index in [0.29, 0.717) is 17.9 Å². The van der Waals surface area contributed by atoms with Crippen LogP contribution in [0.3, 0.4) is 0 Å². The topological polar surface area (TPSA) is 109 Å². The van der Waals surface area contributed by atoms with Crippen LogP contribution in [0, 0.1) is 11.8 Å². The Hall–Kier alpha value is -2.75. The number of fused-ring (bicyclic) bond motifs is 1. The number of hydrogen-bond donors (Lipinski definition) is 3. The van der Waals surface area contributed by atoms with Crippen LogP contribution in [0.5, 0.6) is 0 Å². The van der Waals surface area contributed by atoms with Gasteiger partial charge >= 0.3 is 11.7 Å². The van der Waals surface area contributed by atoms with Gasteiger partial charge in [0.05, 0.1) is 5.69 Å². The minimum atomic E-state index is -0.414. The number of amides is 2. The standard InChI is InChI=1S/C23H31N7O2/c24-19-5-8-28(9-6-19)13-16-1-3-20(4-2-16)30-10-7-21(27-23(30)32)26-22(31)29-14-17-11-25-12-18(17)15-29/h1-4,7,10,17-19,25H,5-6,8-9,11-15,24H2,(H,26,27,31,32). The number of rotatable bonds is 4. The molecule has 0 bridgehead atoms. The largest absolute Gasteiger partial charge is 0.354 e. The van der Waals surface area contributed by atoms with Crippen LogP contribution in [0.1, 0.15) is 18.4 Å². The predicted octanol–water partition coefficient (Wildman–Crippen LogP) is 0.839. The summed E-state index contributed by atoms with van der Waals surface area (Å²) in [7, 11) is 0. The number of nitrogens with two attached hydrogens (primary N) is 1. The highest BCUT2D eigenvalue weighted by Gasteiger charge is 2.38. The number of urea groups is 1. The number of carbonyl (C=O) groups excluding carboxylic acids is 1. The van der Waals surface area contributed by atoms with E-state index in [0.717, 1.165) is 64.3 Å². The number of likely N-dealkylation sites (tertiary alicyclic amines) is 2. The third-order valence-corrected chi connectivity index (χ3v) is 6.97. The van der Waals surface area contributed by atoms with E-state index in [4.69, 9.17) is 5.73 Å². The van der Waals surface area contributed by atoms with E-state index in [9.17, 15) is 9.59 Å². The van der Waals surface area contributed by atoms with Gasteiger partial charge in [0.1, 0.15) is 5.82 Å². The van der Waals surface area contributed by atoms with Gasteiger partial charge in [-0.1, -0.05) is 12.1 Å². The minimum Gasteiger partial charge on any atom is -0.328 e. The number of aromatic nitrogens is 2. The number of anilines is 1. The van der Waals surface area contributed by atoms with Gasteiger partial charge in [-0.05, 0) is 61.5 Å². The van der Waals surface area contributed by atoms with E-state index in [1.807, 2.05) is 29.2 Å². The van der Waals surface area contributed by atoms with Gasteiger partial charge in [0.15, 0.2) is 0 Å². The monoisotopic (exact) mass is 437 g/mol. The normalized spacial score (nSPS) is 24.0. The fraction of sp³-hybridized carbons (Fsp3) is 0.522. The van der Waals surface area contributed by atoms with Crippen LogP contribution in [0.2, 0.25) is 0 Å². The smallest absolute Gasteiger partial charge is 0.328 e. The molecule has 2 unspecified atom stereocenters. The molecule has 3 saturated heterocycles. The van der Waals surface area contributed by atoms with Crippen LogP contribution in [-0.4, -0.2) is 70.7 Å². The molecule has 1 aromatic heterocycles. The predicted molar refractivity (Wildman–Crippen MR) is 123 cm³/mol. The molecule has 170 valence electrons. The van der Waals surface area contributed by atoms with Crippen molar-refractivity contribution in [2.24, 2.45) is 17.6 Å². The zero-order valence-corrected chi connectivity index (χ0v) is 18.2. The average Bonchev–Trinajstić information content (AvgIpc) is 3.39. The Balaban J connectivity index is 1.20. The lowest BCUT2D eigenvalue weighted by molar-refractivity contribution is 0.205. The molecule has 9 nitrogen and oxygen atoms in total. The van der Waals surface area contributed by atoms with E-state index < -0.39 is 5.69 Å². The number of carbonyl (C=O) groups is 1. The van der Waals surface area contributed by atoms with E-state index in [1.54, 1.807) is 12.3 Å². The van der Waals surface area contributed by atoms with Crippen molar-refractivity contribution in [1.82, 2.24) is 24.7 Å². The molecule has 9 heteroatoms. The molecular formula is C23H31N7O2. The van der Waals surface area contributed by atoms with Gasteiger partial charge in [0.25, 0.3) is 0 Å². The number of nitrogens with one attached hydrogen (secondary N) is 2. The SMILES string of the molecule is NC1CCN(Cc2ccc(-n3ccc(NC(=O)N4CC5CNCC5C4)nc3=O)cc2)CC1. The first-order chi connectivity index (χ1) is 15.5. The molecule has 3 fully saturated rings. The van der Waals surface area contributed by atoms with Crippen molar-refractivity contribution in [3.05, 3.63) is 52.6 Å². The lowest BCUT2D eigenvalue weighted by atomic mass is 10.0. The van der Waals surface area contributed by atoms with Crippen LogP contribution in [0.25, 0.3) is 5.69 Å². The summed E-state index contributed by atoms with van der Waals surface area (Å²) in [6.45, 7) is 6.36. The highest BCUT2D eigenvalue weighted by atomic mass is 16.2. The van der Waals surface area contributed by atoms with Gasteiger partial charge in [-0.3, -0.25) is 14.8 Å². The fourth-order valence-corrected chi connectivity index (χ4v) is 5.01. The number of nitrogens with zero attached hydrogens (tertiary/aromatic N) is 4. The zero-order valence-electron chi connectivity index (χ0n) is 18.2. The Morgan fingerprint density at radius 3 is 2.44 bits per heavy atom. The minimum absolute atomic E-state index is 0.188. The van der Waals surface area contributed by atoms with Crippen LogP contribution in [0.15, 0.2) is 41.3 Å². The summed E-state index contributed by atoms with van der Waals surface area (Å²) in [5.74, 6) is 1.33. The first-order valence-electron chi connectivity index (χ1n) is 11.5. The lowest BCUT2D eigenvalue weighted by Crippen LogP contribution is -2.39. The molecule has 3 aliphatic heterocycles. The molecule has 0 radical (unpaired) electrons. The van der Waals surface area contributed by atoms with Gasteiger partial charge in [-0.2, -0.15) is 4.98 Å². The van der Waals surface area contributed by atoms with Crippen molar-refractivity contribution in [2.45, 2.75) is 25.4 Å². The van der Waals surface area contributed by atoms with Crippen LogP contribution >= 0.6 is 0 Å². The third kappa shape index (κ3) is 4.55. The summed E-state index contributed by atoms with van der Waals surface area (Å²) in [6.07, 6.45) is 3.74. The Labute approximate surface area is 187 Å². The molecular weight excluding hydrogens is 406 g/mol. The second kappa shape index (κ2) is 9.01. The molecule has 2 aromatic rings. The van der Waals surface area contributed by atoms with Crippen molar-refractivity contribution in [3.8, 4) is 5.69 Å². The second-order valence-corrected chi connectivity index (χ2v) is 9.26. The molecule has 0 spiro atoms. The third-order valence-electron chi connectivity index (χ3n) is 6.97. The molecule has 0 saturated carbocycles. The number of piperidine rings is 1. The van der Waals surface area contributed by atoms with E-state index in [-0.39, 0.29) is 11.8 Å². The summed E-state index contributed by atoms with van der Waals surface area (Å²) in [6, 6.07) is 9.77. The van der Waals surface area contributed by atoms with Crippen LogP contribution in [0.4, 0.5) is 10.6 Å². The van der Waals surface area contributed by atoms with Crippen molar-refractivity contribution in [1.29, 1.82) is 0 Å². The summed E-state index contributed by atoms with van der Waals surface area (Å²) < 4.78 is 1.49. The molecule has 4 heterocycles. The maximum absolute atomic E-state index is 12.6. The van der Waals surface area contributed by atoms with Gasteiger partial charge in [0, 0.05) is 45.0 Å². The fourth-order valence-electron chi connectivity index (χ4n) is 5.01. The molecule has 1 aromatic carbocycles. The number of hydrogen-bond acceptors (Lipinski definition) is 6. The second-order valence-electron chi connectivity index (χ2n) is 9.26. The molecule has 2 amide bonds. The molecule has 2 atom stereocenters. The van der Waals surface area contributed by atoms with Crippen molar-refractivity contribution in [2.75, 3.05) is 44.6 Å². The Morgan fingerprint density at radius 1 is 1.09 bits per heavy atom. The van der Waals surface area contributed by atoms with Crippen molar-refractivity contribution >= 4 is 11.8 Å². The average molecular weight is 438 g/mol. The quantitative estimate of drug-likeness (QED) is 0.654. The zero-order chi connectivity index (χ0) is 22.1. The summed E-state index contributed by atoms with van der Waals surface area (Å²) in [4.78, 5) is 33.5. The van der Waals surface area contributed by atoms with E-state index in [2.05, 4.69) is 20.5 Å². The first-order valence-corrected chi connectivity index (χ1v) is 11.5. The molecule has 32 heavy (non-hydrogen) atoms. The lowest BCUT2D eigenvalue weighted by Gasteiger charge is -2.30. The Morgan fingerprint density at radius 2 is 1.78 bits per heavy atom. The molecule has 3 aliphatic rings. The molecule has 5 rings (SSSR count). The van der Waals surface area contributed by atoms with Gasteiger partial charge in [-0.25, -0.2) is 9.59 Å². The summed E-state index contributed by atoms with van der Waals surface area (Å²) >= 11 is 0. The van der Waals surface area contributed by atoms with E-state index >= 15 is 0 Å². The van der Waals surface area contributed by atoms with Crippen molar-refractivity contribution in [3.63, 3.8) is 0 Å². The number of benzene rings is 1. The molecule has 4 N–H and O–H groups in total. The Kier molecular flexibility index (Phi) is 5.95. The van der Waals surface area contributed by atoms with Gasteiger partial charge < -0.3 is 16.0 Å². The highest BCUT2D eigenvalue weighted by molar-refractivity contribution is 5.88. The first kappa shape index (κ1) is 21.1. The van der Waals surface area contributed by atoms with Crippen LogP contribution < -0.4 is 22.1 Å². The summed E-state index contributed by atoms with van der Waals surface area (Å²) in [5.41, 5.74) is 7.53. The van der Waals surface area contributed by atoms with Gasteiger partial charge in [-0.15, -0.1) is 0 Å². The maximum Gasteiger partial charge on any atom is 0.354 e. The van der Waals surface area contributed by atoms with Gasteiger partial charge in [0.2, 0.25) is 0 Å². The maximum atomic E-state index is 12.6. The van der Waals surface area contributed by atoms with E-state index in [1.165, 1.54) is 10.1 Å².